The van der Waals surface area contributed by atoms with Crippen LogP contribution in [0.15, 0.2) is 29.4 Å². The molecule has 128 valence electrons. The SMILES string of the molecule is CCOC(=O)c1cn[nH]c1S(=O)(=O)N1CCCc2cc(Cl)ccc21. The maximum atomic E-state index is 13.0. The number of ether oxygens (including phenoxy) is 1. The number of hydrogen-bond donors (Lipinski definition) is 1. The summed E-state index contributed by atoms with van der Waals surface area (Å²) in [4.78, 5) is 12.0. The van der Waals surface area contributed by atoms with E-state index in [1.54, 1.807) is 25.1 Å². The summed E-state index contributed by atoms with van der Waals surface area (Å²) in [6.45, 7) is 2.11. The number of aromatic nitrogens is 2. The van der Waals surface area contributed by atoms with Gasteiger partial charge in [0.15, 0.2) is 5.03 Å². The van der Waals surface area contributed by atoms with Crippen molar-refractivity contribution in [1.82, 2.24) is 10.2 Å². The number of rotatable bonds is 4. The molecule has 0 aliphatic carbocycles. The standard InChI is InChI=1S/C15H16ClN3O4S/c1-2-23-15(20)12-9-17-18-14(12)24(21,22)19-7-3-4-10-8-11(16)5-6-13(10)19/h5-6,8-9H,2-4,7H2,1H3,(H,17,18). The maximum absolute atomic E-state index is 13.0. The Morgan fingerprint density at radius 2 is 2.25 bits per heavy atom. The van der Waals surface area contributed by atoms with E-state index in [4.69, 9.17) is 16.3 Å². The summed E-state index contributed by atoms with van der Waals surface area (Å²) in [5.74, 6) is -0.724. The molecule has 9 heteroatoms. The predicted octanol–water partition coefficient (Wildman–Crippen LogP) is 2.38. The van der Waals surface area contributed by atoms with E-state index in [1.165, 1.54) is 4.31 Å². The van der Waals surface area contributed by atoms with Gasteiger partial charge in [-0.15, -0.1) is 0 Å². The number of halogens is 1. The lowest BCUT2D eigenvalue weighted by atomic mass is 10.0. The first-order valence-corrected chi connectivity index (χ1v) is 9.28. The van der Waals surface area contributed by atoms with Crippen molar-refractivity contribution < 1.29 is 17.9 Å². The largest absolute Gasteiger partial charge is 0.462 e. The van der Waals surface area contributed by atoms with Crippen molar-refractivity contribution >= 4 is 33.3 Å². The third kappa shape index (κ3) is 2.87. The molecule has 0 fully saturated rings. The molecule has 0 saturated carbocycles. The molecule has 3 rings (SSSR count). The normalized spacial score (nSPS) is 14.3. The summed E-state index contributed by atoms with van der Waals surface area (Å²) in [6.07, 6.45) is 2.57. The first-order valence-electron chi connectivity index (χ1n) is 7.46. The molecular weight excluding hydrogens is 354 g/mol. The smallest absolute Gasteiger partial charge is 0.342 e. The van der Waals surface area contributed by atoms with Gasteiger partial charge in [0.25, 0.3) is 10.0 Å². The number of aromatic amines is 1. The fourth-order valence-corrected chi connectivity index (χ4v) is 4.52. The van der Waals surface area contributed by atoms with Crippen molar-refractivity contribution in [3.05, 3.63) is 40.5 Å². The number of carbonyl (C=O) groups is 1. The average molecular weight is 370 g/mol. The van der Waals surface area contributed by atoms with Crippen LogP contribution < -0.4 is 4.31 Å². The number of carbonyl (C=O) groups excluding carboxylic acids is 1. The van der Waals surface area contributed by atoms with Gasteiger partial charge in [-0.05, 0) is 43.5 Å². The number of anilines is 1. The zero-order valence-electron chi connectivity index (χ0n) is 13.0. The average Bonchev–Trinajstić information content (AvgIpc) is 3.04. The van der Waals surface area contributed by atoms with Crippen LogP contribution in [-0.4, -0.2) is 37.7 Å². The summed E-state index contributed by atoms with van der Waals surface area (Å²) in [5, 5.41) is 6.42. The number of H-pyrrole nitrogens is 1. The first-order chi connectivity index (χ1) is 11.4. The summed E-state index contributed by atoms with van der Waals surface area (Å²) in [5.41, 5.74) is 1.32. The number of esters is 1. The Bertz CT molecular complexity index is 879. The molecule has 0 atom stereocenters. The number of hydrogen-bond acceptors (Lipinski definition) is 5. The maximum Gasteiger partial charge on any atom is 0.342 e. The topological polar surface area (TPSA) is 92.4 Å². The molecule has 0 unspecified atom stereocenters. The third-order valence-corrected chi connectivity index (χ3v) is 5.79. The molecule has 1 aliphatic heterocycles. The Morgan fingerprint density at radius 1 is 1.46 bits per heavy atom. The van der Waals surface area contributed by atoms with Gasteiger partial charge in [-0.2, -0.15) is 13.5 Å². The minimum atomic E-state index is -3.97. The van der Waals surface area contributed by atoms with Crippen molar-refractivity contribution in [3.63, 3.8) is 0 Å². The predicted molar refractivity (Wildman–Crippen MR) is 88.8 cm³/mol. The van der Waals surface area contributed by atoms with Crippen molar-refractivity contribution in [3.8, 4) is 0 Å². The van der Waals surface area contributed by atoms with Gasteiger partial charge in [0.2, 0.25) is 0 Å². The molecule has 0 saturated heterocycles. The second-order valence-corrected chi connectivity index (χ2v) is 7.52. The van der Waals surface area contributed by atoms with Crippen molar-refractivity contribution in [2.24, 2.45) is 0 Å². The lowest BCUT2D eigenvalue weighted by molar-refractivity contribution is 0.0522. The first kappa shape index (κ1) is 16.8. The monoisotopic (exact) mass is 369 g/mol. The summed E-state index contributed by atoms with van der Waals surface area (Å²) < 4.78 is 32.3. The van der Waals surface area contributed by atoms with Crippen LogP contribution in [0.5, 0.6) is 0 Å². The van der Waals surface area contributed by atoms with Gasteiger partial charge in [-0.25, -0.2) is 4.79 Å². The van der Waals surface area contributed by atoms with Crippen LogP contribution in [0.3, 0.4) is 0 Å². The molecule has 1 N–H and O–H groups in total. The van der Waals surface area contributed by atoms with E-state index in [0.29, 0.717) is 23.7 Å². The van der Waals surface area contributed by atoms with E-state index in [-0.39, 0.29) is 17.2 Å². The Morgan fingerprint density at radius 3 is 3.00 bits per heavy atom. The summed E-state index contributed by atoms with van der Waals surface area (Å²) >= 11 is 5.99. The van der Waals surface area contributed by atoms with E-state index >= 15 is 0 Å². The van der Waals surface area contributed by atoms with Crippen molar-refractivity contribution in [2.45, 2.75) is 24.8 Å². The van der Waals surface area contributed by atoms with Gasteiger partial charge in [0, 0.05) is 11.6 Å². The van der Waals surface area contributed by atoms with E-state index in [0.717, 1.165) is 18.2 Å². The molecule has 7 nitrogen and oxygen atoms in total. The molecule has 0 bridgehead atoms. The van der Waals surface area contributed by atoms with E-state index in [2.05, 4.69) is 10.2 Å². The minimum Gasteiger partial charge on any atom is -0.462 e. The Labute approximate surface area is 144 Å². The Kier molecular flexibility index (Phi) is 4.51. The highest BCUT2D eigenvalue weighted by molar-refractivity contribution is 7.92. The Hall–Kier alpha value is -2.06. The van der Waals surface area contributed by atoms with Gasteiger partial charge in [0.05, 0.1) is 18.5 Å². The number of nitrogens with one attached hydrogen (secondary N) is 1. The van der Waals surface area contributed by atoms with Crippen LogP contribution in [0.4, 0.5) is 5.69 Å². The van der Waals surface area contributed by atoms with Gasteiger partial charge in [0.1, 0.15) is 5.56 Å². The van der Waals surface area contributed by atoms with Crippen molar-refractivity contribution in [2.75, 3.05) is 17.5 Å². The zero-order chi connectivity index (χ0) is 17.3. The second-order valence-electron chi connectivity index (χ2n) is 5.29. The highest BCUT2D eigenvalue weighted by atomic mass is 35.5. The van der Waals surface area contributed by atoms with E-state index in [1.807, 2.05) is 0 Å². The van der Waals surface area contributed by atoms with Crippen LogP contribution in [0.2, 0.25) is 5.02 Å². The third-order valence-electron chi connectivity index (χ3n) is 3.77. The number of fused-ring (bicyclic) bond motifs is 1. The summed E-state index contributed by atoms with van der Waals surface area (Å²) in [7, 11) is -3.97. The fraction of sp³-hybridized carbons (Fsp3) is 0.333. The molecule has 0 spiro atoms. The highest BCUT2D eigenvalue weighted by Gasteiger charge is 2.34. The highest BCUT2D eigenvalue weighted by Crippen LogP contribution is 2.33. The second kappa shape index (κ2) is 6.45. The van der Waals surface area contributed by atoms with E-state index < -0.39 is 16.0 Å². The minimum absolute atomic E-state index is 0.0991. The number of aryl methyl sites for hydroxylation is 1. The van der Waals surface area contributed by atoms with Crippen LogP contribution in [0, 0.1) is 0 Å². The van der Waals surface area contributed by atoms with Crippen molar-refractivity contribution in [1.29, 1.82) is 0 Å². The molecule has 0 amide bonds. The number of sulfonamides is 1. The van der Waals surface area contributed by atoms with Crippen LogP contribution in [-0.2, 0) is 21.2 Å². The molecule has 2 heterocycles. The van der Waals surface area contributed by atoms with Crippen LogP contribution in [0.25, 0.3) is 0 Å². The molecule has 1 aromatic heterocycles. The van der Waals surface area contributed by atoms with Gasteiger partial charge < -0.3 is 4.74 Å². The molecule has 1 aliphatic rings. The number of benzene rings is 1. The molecule has 24 heavy (non-hydrogen) atoms. The molecular formula is C15H16ClN3O4S. The van der Waals surface area contributed by atoms with Gasteiger partial charge >= 0.3 is 5.97 Å². The lowest BCUT2D eigenvalue weighted by Crippen LogP contribution is -2.36. The molecule has 2 aromatic rings. The quantitative estimate of drug-likeness (QED) is 0.835. The van der Waals surface area contributed by atoms with Crippen LogP contribution in [0.1, 0.15) is 29.3 Å². The molecule has 0 radical (unpaired) electrons. The van der Waals surface area contributed by atoms with Crippen LogP contribution >= 0.6 is 11.6 Å². The fourth-order valence-electron chi connectivity index (χ4n) is 2.72. The summed E-state index contributed by atoms with van der Waals surface area (Å²) in [6, 6.07) is 5.08. The van der Waals surface area contributed by atoms with E-state index in [9.17, 15) is 13.2 Å². The number of nitrogens with zero attached hydrogens (tertiary/aromatic N) is 2. The molecule has 1 aromatic carbocycles. The lowest BCUT2D eigenvalue weighted by Gasteiger charge is -2.30. The van der Waals surface area contributed by atoms with Gasteiger partial charge in [-0.3, -0.25) is 9.40 Å². The Balaban J connectivity index is 2.05. The van der Waals surface area contributed by atoms with Gasteiger partial charge in [-0.1, -0.05) is 11.6 Å². The zero-order valence-corrected chi connectivity index (χ0v) is 14.5.